The summed E-state index contributed by atoms with van der Waals surface area (Å²) in [6, 6.07) is 8.39. The molecule has 28 heavy (non-hydrogen) atoms. The number of hydrogen-bond acceptors (Lipinski definition) is 6. The Morgan fingerprint density at radius 2 is 1.57 bits per heavy atom. The molecule has 0 aliphatic heterocycles. The fourth-order valence-electron chi connectivity index (χ4n) is 2.38. The number of carbonyl (C=O) groups excluding carboxylic acids is 1. The molecule has 0 atom stereocenters. The van der Waals surface area contributed by atoms with Crippen LogP contribution in [0, 0.1) is 0 Å². The summed E-state index contributed by atoms with van der Waals surface area (Å²) >= 11 is 12.2. The Kier molecular flexibility index (Phi) is 7.40. The number of nitrogens with zero attached hydrogens (tertiary/aromatic N) is 1. The van der Waals surface area contributed by atoms with Gasteiger partial charge in [-0.1, -0.05) is 23.2 Å². The summed E-state index contributed by atoms with van der Waals surface area (Å²) in [5, 5.41) is 0.309. The first-order valence-electron chi connectivity index (χ1n) is 8.10. The molecule has 7 nitrogen and oxygen atoms in total. The molecule has 0 saturated heterocycles. The number of halogens is 2. The zero-order valence-corrected chi connectivity index (χ0v) is 17.8. The minimum Gasteiger partial charge on any atom is -0.495 e. The number of sulfonamides is 1. The van der Waals surface area contributed by atoms with E-state index in [-0.39, 0.29) is 27.2 Å². The normalized spacial score (nSPS) is 11.0. The molecule has 2 rings (SSSR count). The van der Waals surface area contributed by atoms with Gasteiger partial charge in [0.25, 0.3) is 10.0 Å². The third-order valence-electron chi connectivity index (χ3n) is 3.71. The van der Waals surface area contributed by atoms with Crippen molar-refractivity contribution in [3.8, 4) is 11.5 Å². The summed E-state index contributed by atoms with van der Waals surface area (Å²) in [7, 11) is -1.30. The number of carbonyl (C=O) groups is 1. The summed E-state index contributed by atoms with van der Waals surface area (Å²) < 4.78 is 42.4. The molecule has 0 bridgehead atoms. The highest BCUT2D eigenvalue weighted by molar-refractivity contribution is 7.92. The summed E-state index contributed by atoms with van der Waals surface area (Å²) in [5.74, 6) is -0.0194. The third kappa shape index (κ3) is 4.81. The van der Waals surface area contributed by atoms with Crippen molar-refractivity contribution in [3.05, 3.63) is 46.4 Å². The molecule has 0 heterocycles. The Morgan fingerprint density at radius 3 is 2.07 bits per heavy atom. The molecule has 152 valence electrons. The van der Waals surface area contributed by atoms with Crippen molar-refractivity contribution in [2.24, 2.45) is 0 Å². The first-order valence-corrected chi connectivity index (χ1v) is 10.3. The Morgan fingerprint density at radius 1 is 1.00 bits per heavy atom. The minimum atomic E-state index is -4.16. The van der Waals surface area contributed by atoms with Crippen LogP contribution in [0.15, 0.2) is 41.3 Å². The van der Waals surface area contributed by atoms with E-state index in [9.17, 15) is 13.2 Å². The van der Waals surface area contributed by atoms with E-state index < -0.39 is 22.5 Å². The average molecular weight is 448 g/mol. The van der Waals surface area contributed by atoms with Gasteiger partial charge in [-0.2, -0.15) is 0 Å². The Bertz CT molecular complexity index is 965. The molecule has 0 N–H and O–H groups in total. The fraction of sp³-hybridized carbons (Fsp3) is 0.278. The summed E-state index contributed by atoms with van der Waals surface area (Å²) in [6.07, 6.45) is 0. The van der Waals surface area contributed by atoms with E-state index in [2.05, 4.69) is 0 Å². The van der Waals surface area contributed by atoms with E-state index in [0.29, 0.717) is 11.5 Å². The molecule has 0 saturated carbocycles. The summed E-state index contributed by atoms with van der Waals surface area (Å²) in [6.45, 7) is 1.21. The number of anilines is 1. The Balaban J connectivity index is 2.55. The molecule has 0 spiro atoms. The van der Waals surface area contributed by atoms with Gasteiger partial charge in [0, 0.05) is 0 Å². The van der Waals surface area contributed by atoms with Crippen molar-refractivity contribution in [1.82, 2.24) is 0 Å². The van der Waals surface area contributed by atoms with Crippen molar-refractivity contribution in [2.45, 2.75) is 11.8 Å². The highest BCUT2D eigenvalue weighted by Crippen LogP contribution is 2.33. The van der Waals surface area contributed by atoms with Crippen LogP contribution in [0.25, 0.3) is 0 Å². The lowest BCUT2D eigenvalue weighted by molar-refractivity contribution is -0.141. The predicted molar refractivity (Wildman–Crippen MR) is 107 cm³/mol. The molecule has 10 heteroatoms. The van der Waals surface area contributed by atoms with Gasteiger partial charge in [-0.25, -0.2) is 8.42 Å². The number of ether oxygens (including phenoxy) is 3. The van der Waals surface area contributed by atoms with Crippen molar-refractivity contribution in [2.75, 3.05) is 31.7 Å². The second-order valence-electron chi connectivity index (χ2n) is 5.43. The van der Waals surface area contributed by atoms with Crippen LogP contribution < -0.4 is 13.8 Å². The number of hydrogen-bond donors (Lipinski definition) is 0. The van der Waals surface area contributed by atoms with Crippen molar-refractivity contribution in [1.29, 1.82) is 0 Å². The lowest BCUT2D eigenvalue weighted by Gasteiger charge is -2.24. The van der Waals surface area contributed by atoms with Crippen molar-refractivity contribution in [3.63, 3.8) is 0 Å². The Labute approximate surface area is 173 Å². The highest BCUT2D eigenvalue weighted by Gasteiger charge is 2.29. The van der Waals surface area contributed by atoms with Crippen molar-refractivity contribution >= 4 is 44.9 Å². The summed E-state index contributed by atoms with van der Waals surface area (Å²) in [5.41, 5.74) is 0.172. The largest absolute Gasteiger partial charge is 0.495 e. The molecule has 2 aromatic carbocycles. The van der Waals surface area contributed by atoms with Gasteiger partial charge in [0.05, 0.1) is 41.5 Å². The van der Waals surface area contributed by atoms with Gasteiger partial charge in [0.2, 0.25) is 0 Å². The quantitative estimate of drug-likeness (QED) is 0.572. The molecular formula is C18H19Cl2NO6S. The monoisotopic (exact) mass is 447 g/mol. The van der Waals surface area contributed by atoms with Gasteiger partial charge in [-0.05, 0) is 43.3 Å². The fourth-order valence-corrected chi connectivity index (χ4v) is 4.39. The lowest BCUT2D eigenvalue weighted by atomic mass is 10.3. The topological polar surface area (TPSA) is 82.1 Å². The van der Waals surface area contributed by atoms with E-state index in [1.807, 2.05) is 0 Å². The zero-order valence-electron chi connectivity index (χ0n) is 15.4. The molecule has 0 radical (unpaired) electrons. The number of benzene rings is 2. The molecular weight excluding hydrogens is 429 g/mol. The van der Waals surface area contributed by atoms with E-state index in [0.717, 1.165) is 4.31 Å². The standard InChI is InChI=1S/C18H19Cl2NO6S/c1-4-27-18(22)11-21(12-5-7-16(25-2)14(19)9-12)28(23,24)13-6-8-17(26-3)15(20)10-13/h5-10H,4,11H2,1-3H3. The molecule has 0 aliphatic carbocycles. The third-order valence-corrected chi connectivity index (χ3v) is 6.07. The van der Waals surface area contributed by atoms with Crippen molar-refractivity contribution < 1.29 is 27.4 Å². The SMILES string of the molecule is CCOC(=O)CN(c1ccc(OC)c(Cl)c1)S(=O)(=O)c1ccc(OC)c(Cl)c1. The maximum Gasteiger partial charge on any atom is 0.326 e. The lowest BCUT2D eigenvalue weighted by Crippen LogP contribution is -2.36. The van der Waals surface area contributed by atoms with Gasteiger partial charge in [-0.3, -0.25) is 9.10 Å². The van der Waals surface area contributed by atoms with Crippen LogP contribution in [0.2, 0.25) is 10.0 Å². The van der Waals surface area contributed by atoms with Crippen LogP contribution in [0.1, 0.15) is 6.92 Å². The maximum absolute atomic E-state index is 13.2. The van der Waals surface area contributed by atoms with E-state index in [1.54, 1.807) is 6.92 Å². The van der Waals surface area contributed by atoms with E-state index >= 15 is 0 Å². The van der Waals surface area contributed by atoms with Crippen LogP contribution in [0.3, 0.4) is 0 Å². The average Bonchev–Trinajstić information content (AvgIpc) is 2.66. The minimum absolute atomic E-state index is 0.116. The number of methoxy groups -OCH3 is 2. The van der Waals surface area contributed by atoms with Crippen LogP contribution in [0.5, 0.6) is 11.5 Å². The van der Waals surface area contributed by atoms with Gasteiger partial charge in [-0.15, -0.1) is 0 Å². The molecule has 2 aromatic rings. The Hall–Kier alpha value is -2.16. The number of rotatable bonds is 8. The molecule has 0 aromatic heterocycles. The molecule has 0 unspecified atom stereocenters. The predicted octanol–water partition coefficient (Wildman–Crippen LogP) is 3.77. The van der Waals surface area contributed by atoms with Crippen LogP contribution in [-0.4, -0.2) is 41.8 Å². The summed E-state index contributed by atoms with van der Waals surface area (Å²) in [4.78, 5) is 11.9. The van der Waals surface area contributed by atoms with Gasteiger partial charge in [0.1, 0.15) is 18.0 Å². The zero-order chi connectivity index (χ0) is 20.9. The first-order chi connectivity index (χ1) is 13.2. The molecule has 0 amide bonds. The van der Waals surface area contributed by atoms with Gasteiger partial charge >= 0.3 is 5.97 Å². The number of esters is 1. The van der Waals surface area contributed by atoms with E-state index in [1.165, 1.54) is 50.6 Å². The van der Waals surface area contributed by atoms with Gasteiger partial charge < -0.3 is 14.2 Å². The van der Waals surface area contributed by atoms with E-state index in [4.69, 9.17) is 37.4 Å². The van der Waals surface area contributed by atoms with Crippen LogP contribution in [-0.2, 0) is 19.6 Å². The highest BCUT2D eigenvalue weighted by atomic mass is 35.5. The maximum atomic E-state index is 13.2. The molecule has 0 aliphatic rings. The van der Waals surface area contributed by atoms with Crippen LogP contribution >= 0.6 is 23.2 Å². The van der Waals surface area contributed by atoms with Crippen LogP contribution in [0.4, 0.5) is 5.69 Å². The second kappa shape index (κ2) is 9.36. The second-order valence-corrected chi connectivity index (χ2v) is 8.11. The molecule has 0 fully saturated rings. The smallest absolute Gasteiger partial charge is 0.326 e. The van der Waals surface area contributed by atoms with Gasteiger partial charge in [0.15, 0.2) is 0 Å². The first kappa shape index (κ1) is 22.1.